The Hall–Kier alpha value is -2.45. The monoisotopic (exact) mass is 519 g/mol. The quantitative estimate of drug-likeness (QED) is 0.413. The van der Waals surface area contributed by atoms with Crippen LogP contribution in [0.3, 0.4) is 0 Å². The Morgan fingerprint density at radius 3 is 2.38 bits per heavy atom. The van der Waals surface area contributed by atoms with Crippen LogP contribution >= 0.6 is 31.9 Å². The van der Waals surface area contributed by atoms with Gasteiger partial charge in [0.05, 0.1) is 5.92 Å². The number of benzene rings is 2. The zero-order valence-electron chi connectivity index (χ0n) is 15.3. The van der Waals surface area contributed by atoms with Crippen molar-refractivity contribution in [3.63, 3.8) is 0 Å². The van der Waals surface area contributed by atoms with Gasteiger partial charge in [-0.3, -0.25) is 4.79 Å². The maximum absolute atomic E-state index is 12.7. The number of carbonyl (C=O) groups is 2. The van der Waals surface area contributed by atoms with Crippen LogP contribution in [0.4, 0.5) is 0 Å². The summed E-state index contributed by atoms with van der Waals surface area (Å²) in [5.74, 6) is -1.06. The van der Waals surface area contributed by atoms with Crippen LogP contribution in [0.15, 0.2) is 69.9 Å². The van der Waals surface area contributed by atoms with Gasteiger partial charge in [0.2, 0.25) is 5.91 Å². The van der Waals surface area contributed by atoms with Crippen LogP contribution in [0.25, 0.3) is 0 Å². The molecule has 0 saturated carbocycles. The standard InChI is InChI=1S/C21H19Br2N3O3/c22-15-8-13(9-16(23)11-15)10-18(21(28)29)26-19(27)12-17(20-24-6-7-25-20)14-4-2-1-3-5-14/h1-9,11,17-18H,10,12H2,(H,24,25)(H,26,27)(H,28,29). The highest BCUT2D eigenvalue weighted by Crippen LogP contribution is 2.25. The van der Waals surface area contributed by atoms with Gasteiger partial charge in [-0.05, 0) is 29.3 Å². The summed E-state index contributed by atoms with van der Waals surface area (Å²) < 4.78 is 1.67. The smallest absolute Gasteiger partial charge is 0.326 e. The first-order chi connectivity index (χ1) is 13.9. The minimum Gasteiger partial charge on any atom is -0.480 e. The molecule has 3 rings (SSSR count). The van der Waals surface area contributed by atoms with Gasteiger partial charge in [0.15, 0.2) is 0 Å². The Morgan fingerprint density at radius 1 is 1.10 bits per heavy atom. The number of hydrogen-bond acceptors (Lipinski definition) is 3. The summed E-state index contributed by atoms with van der Waals surface area (Å²) >= 11 is 6.79. The summed E-state index contributed by atoms with van der Waals surface area (Å²) in [6.45, 7) is 0. The lowest BCUT2D eigenvalue weighted by molar-refractivity contribution is -0.141. The van der Waals surface area contributed by atoms with Crippen molar-refractivity contribution < 1.29 is 14.7 Å². The molecule has 0 radical (unpaired) electrons. The Labute approximate surface area is 185 Å². The highest BCUT2D eigenvalue weighted by Gasteiger charge is 2.25. The molecule has 0 aliphatic carbocycles. The summed E-state index contributed by atoms with van der Waals surface area (Å²) in [4.78, 5) is 31.8. The molecule has 1 aromatic heterocycles. The molecule has 29 heavy (non-hydrogen) atoms. The molecule has 2 atom stereocenters. The molecule has 0 aliphatic heterocycles. The Morgan fingerprint density at radius 2 is 1.79 bits per heavy atom. The lowest BCUT2D eigenvalue weighted by Gasteiger charge is -2.19. The first kappa shape index (κ1) is 21.3. The number of carboxylic acid groups (broad SMARTS) is 1. The maximum atomic E-state index is 12.7. The van der Waals surface area contributed by atoms with Crippen LogP contribution in [0.5, 0.6) is 0 Å². The van der Waals surface area contributed by atoms with E-state index in [1.165, 1.54) is 0 Å². The van der Waals surface area contributed by atoms with Crippen molar-refractivity contribution in [2.75, 3.05) is 0 Å². The lowest BCUT2D eigenvalue weighted by Crippen LogP contribution is -2.42. The zero-order valence-corrected chi connectivity index (χ0v) is 18.5. The lowest BCUT2D eigenvalue weighted by atomic mass is 9.94. The predicted molar refractivity (Wildman–Crippen MR) is 117 cm³/mol. The number of amides is 1. The van der Waals surface area contributed by atoms with E-state index >= 15 is 0 Å². The zero-order chi connectivity index (χ0) is 20.8. The molecule has 8 heteroatoms. The van der Waals surface area contributed by atoms with Crippen LogP contribution in [-0.4, -0.2) is 33.0 Å². The van der Waals surface area contributed by atoms with Crippen LogP contribution in [0, 0.1) is 0 Å². The Balaban J connectivity index is 1.74. The first-order valence-corrected chi connectivity index (χ1v) is 10.5. The SMILES string of the molecule is O=C(CC(c1ccccc1)c1ncc[nH]1)NC(Cc1cc(Br)cc(Br)c1)C(=O)O. The Kier molecular flexibility index (Phi) is 7.22. The van der Waals surface area contributed by atoms with Gasteiger partial charge in [0.25, 0.3) is 0 Å². The van der Waals surface area contributed by atoms with Crippen molar-refractivity contribution >= 4 is 43.7 Å². The van der Waals surface area contributed by atoms with Crippen molar-refractivity contribution in [1.29, 1.82) is 0 Å². The molecule has 2 unspecified atom stereocenters. The van der Waals surface area contributed by atoms with Crippen LogP contribution in [0.1, 0.15) is 29.3 Å². The molecule has 0 fully saturated rings. The molecule has 2 aromatic carbocycles. The summed E-state index contributed by atoms with van der Waals surface area (Å²) in [5.41, 5.74) is 1.73. The number of halogens is 2. The molecule has 0 spiro atoms. The summed E-state index contributed by atoms with van der Waals surface area (Å²) in [7, 11) is 0. The number of imidazole rings is 1. The largest absolute Gasteiger partial charge is 0.480 e. The predicted octanol–water partition coefficient (Wildman–Crippen LogP) is 4.27. The summed E-state index contributed by atoms with van der Waals surface area (Å²) in [6.07, 6.45) is 3.60. The van der Waals surface area contributed by atoms with Crippen molar-refractivity contribution in [1.82, 2.24) is 15.3 Å². The Bertz CT molecular complexity index is 958. The fourth-order valence-electron chi connectivity index (χ4n) is 3.13. The number of aromatic nitrogens is 2. The third-order valence-electron chi connectivity index (χ3n) is 4.44. The molecule has 0 bridgehead atoms. The number of H-pyrrole nitrogens is 1. The maximum Gasteiger partial charge on any atom is 0.326 e. The van der Waals surface area contributed by atoms with E-state index in [9.17, 15) is 14.7 Å². The van der Waals surface area contributed by atoms with Crippen molar-refractivity contribution in [3.05, 3.63) is 86.8 Å². The highest BCUT2D eigenvalue weighted by molar-refractivity contribution is 9.11. The average molecular weight is 521 g/mol. The van der Waals surface area contributed by atoms with Crippen LogP contribution in [-0.2, 0) is 16.0 Å². The van der Waals surface area contributed by atoms with Gasteiger partial charge < -0.3 is 15.4 Å². The second-order valence-electron chi connectivity index (χ2n) is 6.58. The number of rotatable bonds is 8. The van der Waals surface area contributed by atoms with Crippen molar-refractivity contribution in [3.8, 4) is 0 Å². The van der Waals surface area contributed by atoms with E-state index in [1.54, 1.807) is 12.4 Å². The second-order valence-corrected chi connectivity index (χ2v) is 8.41. The summed E-state index contributed by atoms with van der Waals surface area (Å²) in [6, 6.07) is 14.1. The third kappa shape index (κ3) is 6.01. The molecule has 0 aliphatic rings. The average Bonchev–Trinajstić information content (AvgIpc) is 3.20. The molecule has 1 heterocycles. The van der Waals surface area contributed by atoms with Gasteiger partial charge in [-0.15, -0.1) is 0 Å². The van der Waals surface area contributed by atoms with E-state index in [4.69, 9.17) is 0 Å². The van der Waals surface area contributed by atoms with Gasteiger partial charge in [-0.1, -0.05) is 62.2 Å². The number of nitrogens with zero attached hydrogens (tertiary/aromatic N) is 1. The molecule has 150 valence electrons. The van der Waals surface area contributed by atoms with Crippen LogP contribution in [0.2, 0.25) is 0 Å². The second kappa shape index (κ2) is 9.84. The number of hydrogen-bond donors (Lipinski definition) is 3. The molecule has 6 nitrogen and oxygen atoms in total. The van der Waals surface area contributed by atoms with Gasteiger partial charge in [0.1, 0.15) is 11.9 Å². The van der Waals surface area contributed by atoms with E-state index in [1.807, 2.05) is 48.5 Å². The number of aromatic amines is 1. The number of carbonyl (C=O) groups excluding carboxylic acids is 1. The fourth-order valence-corrected chi connectivity index (χ4v) is 4.52. The van der Waals surface area contributed by atoms with E-state index in [2.05, 4.69) is 47.1 Å². The number of aliphatic carboxylic acids is 1. The highest BCUT2D eigenvalue weighted by atomic mass is 79.9. The number of nitrogens with one attached hydrogen (secondary N) is 2. The molecular formula is C21H19Br2N3O3. The van der Waals surface area contributed by atoms with Gasteiger partial charge in [-0.2, -0.15) is 0 Å². The van der Waals surface area contributed by atoms with E-state index in [0.717, 1.165) is 20.1 Å². The molecule has 1 amide bonds. The van der Waals surface area contributed by atoms with Crippen LogP contribution < -0.4 is 5.32 Å². The van der Waals surface area contributed by atoms with E-state index in [0.29, 0.717) is 5.82 Å². The normalized spacial score (nSPS) is 12.9. The number of carboxylic acids is 1. The molecule has 0 saturated heterocycles. The molecular weight excluding hydrogens is 502 g/mol. The molecule has 3 N–H and O–H groups in total. The van der Waals surface area contributed by atoms with Gasteiger partial charge >= 0.3 is 5.97 Å². The fraction of sp³-hybridized carbons (Fsp3) is 0.190. The topological polar surface area (TPSA) is 95.1 Å². The van der Waals surface area contributed by atoms with E-state index in [-0.39, 0.29) is 24.7 Å². The van der Waals surface area contributed by atoms with Gasteiger partial charge in [0, 0.05) is 34.2 Å². The minimum atomic E-state index is -1.08. The summed E-state index contributed by atoms with van der Waals surface area (Å²) in [5, 5.41) is 12.3. The van der Waals surface area contributed by atoms with Crippen molar-refractivity contribution in [2.45, 2.75) is 24.8 Å². The van der Waals surface area contributed by atoms with E-state index < -0.39 is 12.0 Å². The minimum absolute atomic E-state index is 0.0868. The first-order valence-electron chi connectivity index (χ1n) is 8.93. The third-order valence-corrected chi connectivity index (χ3v) is 5.35. The van der Waals surface area contributed by atoms with Crippen molar-refractivity contribution in [2.24, 2.45) is 0 Å². The van der Waals surface area contributed by atoms with Gasteiger partial charge in [-0.25, -0.2) is 9.78 Å². The molecule has 3 aromatic rings.